The maximum atomic E-state index is 12.5. The Morgan fingerprint density at radius 2 is 2.00 bits per heavy atom. The number of rotatable bonds is 3. The van der Waals surface area contributed by atoms with Gasteiger partial charge in [0.2, 0.25) is 5.91 Å². The molecule has 0 spiro atoms. The van der Waals surface area contributed by atoms with E-state index in [0.717, 1.165) is 5.69 Å². The molecule has 1 aliphatic rings. The van der Waals surface area contributed by atoms with Gasteiger partial charge in [-0.1, -0.05) is 18.2 Å². The normalized spacial score (nSPS) is 21.6. The third kappa shape index (κ3) is 2.54. The van der Waals surface area contributed by atoms with Crippen molar-refractivity contribution in [2.24, 2.45) is 0 Å². The molecule has 1 aromatic carbocycles. The summed E-state index contributed by atoms with van der Waals surface area (Å²) >= 11 is 0. The van der Waals surface area contributed by atoms with Crippen LogP contribution in [0.5, 0.6) is 0 Å². The molecule has 1 aromatic heterocycles. The monoisotopic (exact) mass is 283 g/mol. The Bertz CT molecular complexity index is 637. The van der Waals surface area contributed by atoms with Gasteiger partial charge in [0, 0.05) is 17.9 Å². The van der Waals surface area contributed by atoms with E-state index in [-0.39, 0.29) is 17.9 Å². The summed E-state index contributed by atoms with van der Waals surface area (Å²) < 4.78 is 0. The van der Waals surface area contributed by atoms with E-state index in [4.69, 9.17) is 0 Å². The van der Waals surface area contributed by atoms with Crippen LogP contribution in [0, 0.1) is 0 Å². The summed E-state index contributed by atoms with van der Waals surface area (Å²) in [5.74, 6) is -0.311. The fourth-order valence-electron chi connectivity index (χ4n) is 2.73. The van der Waals surface area contributed by atoms with E-state index < -0.39 is 6.04 Å². The van der Waals surface area contributed by atoms with E-state index in [1.807, 2.05) is 37.3 Å². The number of H-pyrrole nitrogens is 1. The zero-order valence-corrected chi connectivity index (χ0v) is 11.7. The Morgan fingerprint density at radius 3 is 2.67 bits per heavy atom. The fraction of sp³-hybridized carbons (Fsp3) is 0.250. The molecule has 5 nitrogen and oxygen atoms in total. The number of aromatic amines is 1. The molecule has 2 amide bonds. The highest BCUT2D eigenvalue weighted by molar-refractivity contribution is 6.03. The molecule has 0 radical (unpaired) electrons. The molecular formula is C16H17N3O2. The SMILES string of the molecule is CC1CC(NC(=O)c2ccc[nH]2)C(=O)N1c1ccccc1. The fourth-order valence-corrected chi connectivity index (χ4v) is 2.73. The topological polar surface area (TPSA) is 65.2 Å². The number of benzene rings is 1. The minimum atomic E-state index is -0.476. The van der Waals surface area contributed by atoms with Gasteiger partial charge in [-0.3, -0.25) is 9.59 Å². The Hall–Kier alpha value is -2.56. The maximum absolute atomic E-state index is 12.5. The number of nitrogens with one attached hydrogen (secondary N) is 2. The highest BCUT2D eigenvalue weighted by Gasteiger charge is 2.38. The molecule has 5 heteroatoms. The molecule has 0 bridgehead atoms. The second-order valence-corrected chi connectivity index (χ2v) is 5.24. The molecule has 2 heterocycles. The molecule has 2 atom stereocenters. The van der Waals surface area contributed by atoms with Crippen LogP contribution in [0.4, 0.5) is 5.69 Å². The summed E-state index contributed by atoms with van der Waals surface area (Å²) in [7, 11) is 0. The second-order valence-electron chi connectivity index (χ2n) is 5.24. The summed E-state index contributed by atoms with van der Waals surface area (Å²) in [5.41, 5.74) is 1.33. The van der Waals surface area contributed by atoms with Crippen LogP contribution in [0.25, 0.3) is 0 Å². The van der Waals surface area contributed by atoms with Gasteiger partial charge in [-0.15, -0.1) is 0 Å². The summed E-state index contributed by atoms with van der Waals surface area (Å²) in [5, 5.41) is 2.80. The van der Waals surface area contributed by atoms with Crippen molar-refractivity contribution in [2.45, 2.75) is 25.4 Å². The Balaban J connectivity index is 1.75. The molecule has 1 fully saturated rings. The predicted molar refractivity (Wildman–Crippen MR) is 80.1 cm³/mol. The average Bonchev–Trinajstić information content (AvgIpc) is 3.09. The molecule has 2 N–H and O–H groups in total. The summed E-state index contributed by atoms with van der Waals surface area (Å²) in [6.45, 7) is 1.99. The van der Waals surface area contributed by atoms with Gasteiger partial charge in [-0.05, 0) is 37.6 Å². The first-order valence-electron chi connectivity index (χ1n) is 6.99. The van der Waals surface area contributed by atoms with Crippen molar-refractivity contribution >= 4 is 17.5 Å². The van der Waals surface area contributed by atoms with Gasteiger partial charge >= 0.3 is 0 Å². The largest absolute Gasteiger partial charge is 0.357 e. The smallest absolute Gasteiger partial charge is 0.268 e. The quantitative estimate of drug-likeness (QED) is 0.904. The predicted octanol–water partition coefficient (Wildman–Crippen LogP) is 1.94. The van der Waals surface area contributed by atoms with Gasteiger partial charge in [0.05, 0.1) is 0 Å². The van der Waals surface area contributed by atoms with Crippen LogP contribution in [0.1, 0.15) is 23.8 Å². The number of anilines is 1. The van der Waals surface area contributed by atoms with Crippen molar-refractivity contribution in [3.8, 4) is 0 Å². The number of hydrogen-bond acceptors (Lipinski definition) is 2. The number of carbonyl (C=O) groups excluding carboxylic acids is 2. The third-order valence-corrected chi connectivity index (χ3v) is 3.74. The second kappa shape index (κ2) is 5.44. The molecule has 0 saturated carbocycles. The lowest BCUT2D eigenvalue weighted by Crippen LogP contribution is -2.42. The lowest BCUT2D eigenvalue weighted by Gasteiger charge is -2.21. The van der Waals surface area contributed by atoms with E-state index in [1.165, 1.54) is 0 Å². The van der Waals surface area contributed by atoms with Crippen LogP contribution in [0.2, 0.25) is 0 Å². The van der Waals surface area contributed by atoms with Gasteiger partial charge in [-0.2, -0.15) is 0 Å². The van der Waals surface area contributed by atoms with Crippen molar-refractivity contribution in [2.75, 3.05) is 4.90 Å². The average molecular weight is 283 g/mol. The van der Waals surface area contributed by atoms with Gasteiger partial charge in [0.15, 0.2) is 0 Å². The van der Waals surface area contributed by atoms with Gasteiger partial charge in [-0.25, -0.2) is 0 Å². The number of carbonyl (C=O) groups is 2. The van der Waals surface area contributed by atoms with Gasteiger partial charge in [0.25, 0.3) is 5.91 Å². The Kier molecular flexibility index (Phi) is 3.48. The van der Waals surface area contributed by atoms with Crippen LogP contribution < -0.4 is 10.2 Å². The van der Waals surface area contributed by atoms with Crippen molar-refractivity contribution in [1.82, 2.24) is 10.3 Å². The van der Waals surface area contributed by atoms with Crippen molar-refractivity contribution in [3.63, 3.8) is 0 Å². The summed E-state index contributed by atoms with van der Waals surface area (Å²) in [4.78, 5) is 29.2. The summed E-state index contributed by atoms with van der Waals surface area (Å²) in [6, 6.07) is 12.6. The third-order valence-electron chi connectivity index (χ3n) is 3.74. The number of amides is 2. The zero-order chi connectivity index (χ0) is 14.8. The zero-order valence-electron chi connectivity index (χ0n) is 11.7. The Labute approximate surface area is 123 Å². The lowest BCUT2D eigenvalue weighted by molar-refractivity contribution is -0.118. The molecule has 21 heavy (non-hydrogen) atoms. The van der Waals surface area contributed by atoms with Crippen molar-refractivity contribution in [1.29, 1.82) is 0 Å². The van der Waals surface area contributed by atoms with E-state index >= 15 is 0 Å². The molecular weight excluding hydrogens is 266 g/mol. The summed E-state index contributed by atoms with van der Waals surface area (Å²) in [6.07, 6.45) is 2.30. The first-order valence-corrected chi connectivity index (χ1v) is 6.99. The van der Waals surface area contributed by atoms with Crippen molar-refractivity contribution < 1.29 is 9.59 Å². The standard InChI is InChI=1S/C16H17N3O2/c1-11-10-14(18-15(20)13-8-5-9-17-13)16(21)19(11)12-6-3-2-4-7-12/h2-9,11,14,17H,10H2,1H3,(H,18,20). The number of para-hydroxylation sites is 1. The highest BCUT2D eigenvalue weighted by Crippen LogP contribution is 2.26. The van der Waals surface area contributed by atoms with Crippen LogP contribution in [-0.4, -0.2) is 28.9 Å². The van der Waals surface area contributed by atoms with Crippen LogP contribution in [0.3, 0.4) is 0 Å². The number of aromatic nitrogens is 1. The molecule has 108 valence electrons. The Morgan fingerprint density at radius 1 is 1.24 bits per heavy atom. The van der Waals surface area contributed by atoms with Crippen LogP contribution in [0.15, 0.2) is 48.7 Å². The minimum Gasteiger partial charge on any atom is -0.357 e. The van der Waals surface area contributed by atoms with E-state index in [2.05, 4.69) is 10.3 Å². The molecule has 2 aromatic rings. The van der Waals surface area contributed by atoms with Crippen LogP contribution in [-0.2, 0) is 4.79 Å². The number of hydrogen-bond donors (Lipinski definition) is 2. The van der Waals surface area contributed by atoms with E-state index in [1.54, 1.807) is 23.2 Å². The lowest BCUT2D eigenvalue weighted by atomic mass is 10.2. The molecule has 1 aliphatic heterocycles. The van der Waals surface area contributed by atoms with Gasteiger partial charge < -0.3 is 15.2 Å². The minimum absolute atomic E-state index is 0.0615. The highest BCUT2D eigenvalue weighted by atomic mass is 16.2. The molecule has 2 unspecified atom stereocenters. The first-order chi connectivity index (χ1) is 10.2. The van der Waals surface area contributed by atoms with Gasteiger partial charge in [0.1, 0.15) is 11.7 Å². The van der Waals surface area contributed by atoms with Crippen molar-refractivity contribution in [3.05, 3.63) is 54.4 Å². The number of nitrogens with zero attached hydrogens (tertiary/aromatic N) is 1. The molecule has 3 rings (SSSR count). The molecule has 0 aliphatic carbocycles. The van der Waals surface area contributed by atoms with E-state index in [0.29, 0.717) is 12.1 Å². The maximum Gasteiger partial charge on any atom is 0.268 e. The van der Waals surface area contributed by atoms with Crippen LogP contribution >= 0.6 is 0 Å². The molecule has 1 saturated heterocycles. The first kappa shape index (κ1) is 13.4. The van der Waals surface area contributed by atoms with E-state index in [9.17, 15) is 9.59 Å².